The fraction of sp³-hybridized carbons (Fsp3) is 0.800. The van der Waals surface area contributed by atoms with Gasteiger partial charge < -0.3 is 14.5 Å². The van der Waals surface area contributed by atoms with Crippen molar-refractivity contribution in [3.8, 4) is 6.07 Å². The van der Waals surface area contributed by atoms with Gasteiger partial charge >= 0.3 is 6.09 Å². The molecule has 2 amide bonds. The Hall–Kier alpha value is -1.77. The van der Waals surface area contributed by atoms with Crippen molar-refractivity contribution in [3.63, 3.8) is 0 Å². The van der Waals surface area contributed by atoms with Crippen molar-refractivity contribution in [1.29, 1.82) is 5.26 Å². The second kappa shape index (κ2) is 5.55. The summed E-state index contributed by atoms with van der Waals surface area (Å²) in [6, 6.07) is 2.16. The van der Waals surface area contributed by atoms with Crippen LogP contribution in [0.15, 0.2) is 0 Å². The van der Waals surface area contributed by atoms with Crippen LogP contribution in [-0.4, -0.2) is 52.6 Å². The quantitative estimate of drug-likeness (QED) is 0.779. The van der Waals surface area contributed by atoms with Crippen molar-refractivity contribution in [1.82, 2.24) is 9.80 Å². The Kier molecular flexibility index (Phi) is 4.13. The number of ether oxygens (including phenoxy) is 1. The minimum Gasteiger partial charge on any atom is -0.444 e. The van der Waals surface area contributed by atoms with Crippen LogP contribution in [0.1, 0.15) is 46.5 Å². The number of piperidine rings is 1. The number of carbonyl (C=O) groups excluding carboxylic acids is 2. The Morgan fingerprint density at radius 2 is 2.05 bits per heavy atom. The van der Waals surface area contributed by atoms with Crippen molar-refractivity contribution < 1.29 is 14.3 Å². The van der Waals surface area contributed by atoms with Gasteiger partial charge in [0.15, 0.2) is 0 Å². The van der Waals surface area contributed by atoms with Crippen LogP contribution in [0.2, 0.25) is 0 Å². The SMILES string of the molecule is CC(C)(C)OC(=O)N1CC(CC#N)(N2CCCCC2=O)C1. The Bertz CT molecular complexity index is 470. The minimum atomic E-state index is -0.536. The molecule has 0 radical (unpaired) electrons. The summed E-state index contributed by atoms with van der Waals surface area (Å²) in [4.78, 5) is 27.5. The number of hydrogen-bond donors (Lipinski definition) is 0. The lowest BCUT2D eigenvalue weighted by atomic mass is 9.83. The molecule has 0 N–H and O–H groups in total. The summed E-state index contributed by atoms with van der Waals surface area (Å²) < 4.78 is 5.33. The second-order valence-electron chi connectivity index (χ2n) is 6.90. The summed E-state index contributed by atoms with van der Waals surface area (Å²) >= 11 is 0. The molecule has 2 heterocycles. The highest BCUT2D eigenvalue weighted by molar-refractivity contribution is 5.79. The molecule has 116 valence electrons. The molecule has 2 rings (SSSR count). The van der Waals surface area contributed by atoms with Crippen molar-refractivity contribution in [2.24, 2.45) is 0 Å². The van der Waals surface area contributed by atoms with E-state index in [1.165, 1.54) is 0 Å². The van der Waals surface area contributed by atoms with Gasteiger partial charge in [-0.2, -0.15) is 5.26 Å². The van der Waals surface area contributed by atoms with Gasteiger partial charge in [-0.25, -0.2) is 4.79 Å². The fourth-order valence-electron chi connectivity index (χ4n) is 2.95. The highest BCUT2D eigenvalue weighted by atomic mass is 16.6. The lowest BCUT2D eigenvalue weighted by Crippen LogP contribution is -2.73. The Balaban J connectivity index is 2.02. The van der Waals surface area contributed by atoms with E-state index >= 15 is 0 Å². The normalized spacial score (nSPS) is 21.5. The van der Waals surface area contributed by atoms with Crippen LogP contribution < -0.4 is 0 Å². The van der Waals surface area contributed by atoms with E-state index in [9.17, 15) is 9.59 Å². The summed E-state index contributed by atoms with van der Waals surface area (Å²) in [5.74, 6) is 0.0975. The van der Waals surface area contributed by atoms with E-state index in [0.717, 1.165) is 12.8 Å². The monoisotopic (exact) mass is 293 g/mol. The standard InChI is InChI=1S/C15H23N3O3/c1-14(2,3)21-13(20)17-10-15(11-17,7-8-16)18-9-5-4-6-12(18)19/h4-7,9-11H2,1-3H3. The van der Waals surface area contributed by atoms with Gasteiger partial charge in [-0.15, -0.1) is 0 Å². The molecule has 0 atom stereocenters. The average Bonchev–Trinajstić information content (AvgIpc) is 2.32. The summed E-state index contributed by atoms with van der Waals surface area (Å²) in [6.45, 7) is 6.93. The highest BCUT2D eigenvalue weighted by Crippen LogP contribution is 2.34. The molecule has 0 aromatic rings. The van der Waals surface area contributed by atoms with E-state index in [4.69, 9.17) is 10.00 Å². The topological polar surface area (TPSA) is 73.6 Å². The molecule has 0 aromatic carbocycles. The average molecular weight is 293 g/mol. The fourth-order valence-corrected chi connectivity index (χ4v) is 2.95. The van der Waals surface area contributed by atoms with E-state index in [2.05, 4.69) is 6.07 Å². The maximum Gasteiger partial charge on any atom is 0.410 e. The predicted octanol–water partition coefficient (Wildman–Crippen LogP) is 1.90. The van der Waals surface area contributed by atoms with E-state index in [0.29, 0.717) is 26.1 Å². The number of amides is 2. The van der Waals surface area contributed by atoms with Gasteiger partial charge in [-0.05, 0) is 33.6 Å². The van der Waals surface area contributed by atoms with Crippen LogP contribution in [0, 0.1) is 11.3 Å². The molecule has 0 spiro atoms. The van der Waals surface area contributed by atoms with Gasteiger partial charge in [-0.3, -0.25) is 4.79 Å². The number of hydrogen-bond acceptors (Lipinski definition) is 4. The summed E-state index contributed by atoms with van der Waals surface area (Å²) in [5, 5.41) is 9.07. The van der Waals surface area contributed by atoms with E-state index in [1.54, 1.807) is 9.80 Å². The third kappa shape index (κ3) is 3.29. The summed E-state index contributed by atoms with van der Waals surface area (Å²) in [7, 11) is 0. The maximum absolute atomic E-state index is 12.1. The zero-order chi connectivity index (χ0) is 15.7. The predicted molar refractivity (Wildman–Crippen MR) is 76.3 cm³/mol. The van der Waals surface area contributed by atoms with E-state index < -0.39 is 11.1 Å². The molecule has 2 aliphatic heterocycles. The number of likely N-dealkylation sites (tertiary alicyclic amines) is 2. The second-order valence-corrected chi connectivity index (χ2v) is 6.90. The van der Waals surface area contributed by atoms with Gasteiger partial charge in [-0.1, -0.05) is 0 Å². The van der Waals surface area contributed by atoms with E-state index in [1.807, 2.05) is 20.8 Å². The van der Waals surface area contributed by atoms with Crippen molar-refractivity contribution >= 4 is 12.0 Å². The molecule has 0 saturated carbocycles. The Morgan fingerprint density at radius 3 is 2.57 bits per heavy atom. The van der Waals surface area contributed by atoms with Crippen LogP contribution in [-0.2, 0) is 9.53 Å². The van der Waals surface area contributed by atoms with Crippen molar-refractivity contribution in [2.45, 2.75) is 57.6 Å². The first-order chi connectivity index (χ1) is 9.77. The summed E-state index contributed by atoms with van der Waals surface area (Å²) in [6.07, 6.45) is 2.30. The Morgan fingerprint density at radius 1 is 1.38 bits per heavy atom. The number of rotatable bonds is 2. The molecule has 21 heavy (non-hydrogen) atoms. The highest BCUT2D eigenvalue weighted by Gasteiger charge is 2.52. The third-order valence-corrected chi connectivity index (χ3v) is 3.93. The first kappa shape index (κ1) is 15.6. The molecule has 0 bridgehead atoms. The molecular weight excluding hydrogens is 270 g/mol. The largest absolute Gasteiger partial charge is 0.444 e. The van der Waals surface area contributed by atoms with E-state index in [-0.39, 0.29) is 18.4 Å². The van der Waals surface area contributed by atoms with Crippen LogP contribution in [0.25, 0.3) is 0 Å². The zero-order valence-electron chi connectivity index (χ0n) is 13.0. The van der Waals surface area contributed by atoms with Crippen LogP contribution in [0.5, 0.6) is 0 Å². The number of nitrogens with zero attached hydrogens (tertiary/aromatic N) is 3. The minimum absolute atomic E-state index is 0.0975. The third-order valence-electron chi connectivity index (χ3n) is 3.93. The molecular formula is C15H23N3O3. The molecule has 6 nitrogen and oxygen atoms in total. The van der Waals surface area contributed by atoms with Crippen molar-refractivity contribution in [2.75, 3.05) is 19.6 Å². The lowest BCUT2D eigenvalue weighted by Gasteiger charge is -2.55. The van der Waals surface area contributed by atoms with Gasteiger partial charge in [0.25, 0.3) is 0 Å². The maximum atomic E-state index is 12.1. The molecule has 2 fully saturated rings. The molecule has 0 unspecified atom stereocenters. The molecule has 2 saturated heterocycles. The number of carbonyl (C=O) groups is 2. The number of nitriles is 1. The molecule has 6 heteroatoms. The zero-order valence-corrected chi connectivity index (χ0v) is 13.0. The summed E-state index contributed by atoms with van der Waals surface area (Å²) in [5.41, 5.74) is -1.05. The molecule has 0 aromatic heterocycles. The van der Waals surface area contributed by atoms with Crippen LogP contribution >= 0.6 is 0 Å². The molecule has 2 aliphatic rings. The Labute approximate surface area is 125 Å². The molecule has 0 aliphatic carbocycles. The van der Waals surface area contributed by atoms with Crippen LogP contribution in [0.3, 0.4) is 0 Å². The van der Waals surface area contributed by atoms with Crippen molar-refractivity contribution in [3.05, 3.63) is 0 Å². The van der Waals surface area contributed by atoms with Crippen LogP contribution in [0.4, 0.5) is 4.79 Å². The van der Waals surface area contributed by atoms with Gasteiger partial charge in [0.2, 0.25) is 5.91 Å². The first-order valence-electron chi connectivity index (χ1n) is 7.43. The smallest absolute Gasteiger partial charge is 0.410 e. The first-order valence-corrected chi connectivity index (χ1v) is 7.43. The van der Waals surface area contributed by atoms with Gasteiger partial charge in [0, 0.05) is 13.0 Å². The lowest BCUT2D eigenvalue weighted by molar-refractivity contribution is -0.149. The van der Waals surface area contributed by atoms with Gasteiger partial charge in [0.05, 0.1) is 31.1 Å². The van der Waals surface area contributed by atoms with Gasteiger partial charge in [0.1, 0.15) is 5.60 Å².